The minimum Gasteiger partial charge on any atom is -0.275 e. The smallest absolute Gasteiger partial charge is 0.253 e. The van der Waals surface area contributed by atoms with Gasteiger partial charge in [-0.3, -0.25) is 14.5 Å². The Morgan fingerprint density at radius 3 is 2.29 bits per heavy atom. The topological polar surface area (TPSA) is 37.4 Å². The standard InChI is InChI=1S/C14H19NO2.H2/c1-10(2)12-5-3-11(4-6-12)9-15-13(16)7-8-14(15)17;/h7-8,11-12H,1,3-6,9H2,2H3;1H. The van der Waals surface area contributed by atoms with Crippen molar-refractivity contribution in [2.75, 3.05) is 6.54 Å². The molecular weight excluding hydrogens is 214 g/mol. The molecule has 94 valence electrons. The predicted molar refractivity (Wildman–Crippen MR) is 68.2 cm³/mol. The third-order valence-corrected chi connectivity index (χ3v) is 3.88. The number of hydrogen-bond donors (Lipinski definition) is 0. The number of allylic oxidation sites excluding steroid dienone is 1. The second-order valence-corrected chi connectivity index (χ2v) is 5.18. The van der Waals surface area contributed by atoms with Crippen LogP contribution in [0.1, 0.15) is 34.0 Å². The van der Waals surface area contributed by atoms with Crippen LogP contribution in [0.25, 0.3) is 0 Å². The Balaban J connectivity index is 0.00000162. The highest BCUT2D eigenvalue weighted by Crippen LogP contribution is 2.33. The van der Waals surface area contributed by atoms with Gasteiger partial charge in [-0.05, 0) is 44.4 Å². The van der Waals surface area contributed by atoms with Crippen molar-refractivity contribution in [2.45, 2.75) is 32.6 Å². The lowest BCUT2D eigenvalue weighted by Crippen LogP contribution is -2.36. The zero-order valence-corrected chi connectivity index (χ0v) is 10.3. The fourth-order valence-electron chi connectivity index (χ4n) is 2.71. The number of carbonyl (C=O) groups is 2. The third-order valence-electron chi connectivity index (χ3n) is 3.88. The van der Waals surface area contributed by atoms with Crippen LogP contribution < -0.4 is 0 Å². The molecule has 2 amide bonds. The molecule has 0 aromatic rings. The van der Waals surface area contributed by atoms with E-state index >= 15 is 0 Å². The number of carbonyl (C=O) groups excluding carboxylic acids is 2. The first-order valence-corrected chi connectivity index (χ1v) is 6.27. The van der Waals surface area contributed by atoms with E-state index in [4.69, 9.17) is 0 Å². The van der Waals surface area contributed by atoms with E-state index in [0.29, 0.717) is 18.4 Å². The van der Waals surface area contributed by atoms with Crippen molar-refractivity contribution in [1.29, 1.82) is 0 Å². The van der Waals surface area contributed by atoms with E-state index in [-0.39, 0.29) is 13.2 Å². The Bertz CT molecular complexity index is 363. The summed E-state index contributed by atoms with van der Waals surface area (Å²) in [4.78, 5) is 24.2. The molecule has 0 bridgehead atoms. The van der Waals surface area contributed by atoms with Crippen LogP contribution in [-0.4, -0.2) is 23.3 Å². The normalized spacial score (nSPS) is 28.9. The fraction of sp³-hybridized carbons (Fsp3) is 0.571. The second kappa shape index (κ2) is 4.86. The lowest BCUT2D eigenvalue weighted by Gasteiger charge is -2.30. The van der Waals surface area contributed by atoms with E-state index < -0.39 is 0 Å². The Kier molecular flexibility index (Phi) is 3.46. The van der Waals surface area contributed by atoms with Crippen LogP contribution in [0.15, 0.2) is 24.3 Å². The molecule has 1 saturated carbocycles. The number of amides is 2. The molecule has 3 nitrogen and oxygen atoms in total. The van der Waals surface area contributed by atoms with Gasteiger partial charge in [-0.1, -0.05) is 12.2 Å². The Labute approximate surface area is 104 Å². The molecule has 0 radical (unpaired) electrons. The summed E-state index contributed by atoms with van der Waals surface area (Å²) in [5.41, 5.74) is 1.26. The van der Waals surface area contributed by atoms with Gasteiger partial charge in [0.1, 0.15) is 0 Å². The van der Waals surface area contributed by atoms with Gasteiger partial charge < -0.3 is 0 Å². The third kappa shape index (κ3) is 2.65. The zero-order valence-electron chi connectivity index (χ0n) is 10.3. The molecule has 2 rings (SSSR count). The molecule has 1 aliphatic carbocycles. The average molecular weight is 235 g/mol. The summed E-state index contributed by atoms with van der Waals surface area (Å²) in [7, 11) is 0. The Hall–Kier alpha value is -1.38. The van der Waals surface area contributed by atoms with Crippen LogP contribution >= 0.6 is 0 Å². The summed E-state index contributed by atoms with van der Waals surface area (Å²) in [6, 6.07) is 0. The lowest BCUT2D eigenvalue weighted by atomic mass is 9.79. The molecule has 0 atom stereocenters. The zero-order chi connectivity index (χ0) is 12.4. The van der Waals surface area contributed by atoms with Crippen molar-refractivity contribution < 1.29 is 11.0 Å². The Morgan fingerprint density at radius 1 is 1.29 bits per heavy atom. The molecule has 1 fully saturated rings. The minimum atomic E-state index is -0.156. The highest BCUT2D eigenvalue weighted by atomic mass is 16.2. The monoisotopic (exact) mass is 235 g/mol. The molecule has 1 aliphatic heterocycles. The summed E-state index contributed by atoms with van der Waals surface area (Å²) in [6.07, 6.45) is 7.19. The van der Waals surface area contributed by atoms with E-state index in [1.165, 1.54) is 22.6 Å². The second-order valence-electron chi connectivity index (χ2n) is 5.18. The summed E-state index contributed by atoms with van der Waals surface area (Å²) in [5.74, 6) is 0.793. The van der Waals surface area contributed by atoms with Crippen LogP contribution in [0, 0.1) is 11.8 Å². The number of hydrogen-bond acceptors (Lipinski definition) is 2. The van der Waals surface area contributed by atoms with Gasteiger partial charge in [0.15, 0.2) is 0 Å². The van der Waals surface area contributed by atoms with Crippen LogP contribution in [-0.2, 0) is 9.59 Å². The molecule has 0 aromatic heterocycles. The largest absolute Gasteiger partial charge is 0.275 e. The maximum absolute atomic E-state index is 11.4. The maximum atomic E-state index is 11.4. The van der Waals surface area contributed by atoms with Crippen LogP contribution in [0.5, 0.6) is 0 Å². The lowest BCUT2D eigenvalue weighted by molar-refractivity contribution is -0.137. The van der Waals surface area contributed by atoms with E-state index in [9.17, 15) is 9.59 Å². The molecule has 17 heavy (non-hydrogen) atoms. The summed E-state index contributed by atoms with van der Waals surface area (Å²) in [6.45, 7) is 6.68. The van der Waals surface area contributed by atoms with Gasteiger partial charge in [-0.15, -0.1) is 0 Å². The van der Waals surface area contributed by atoms with Gasteiger partial charge in [0.05, 0.1) is 0 Å². The van der Waals surface area contributed by atoms with Crippen LogP contribution in [0.3, 0.4) is 0 Å². The molecule has 0 aromatic carbocycles. The molecule has 0 saturated heterocycles. The quantitative estimate of drug-likeness (QED) is 0.557. The minimum absolute atomic E-state index is 0. The average Bonchev–Trinajstić information content (AvgIpc) is 2.61. The Morgan fingerprint density at radius 2 is 1.82 bits per heavy atom. The van der Waals surface area contributed by atoms with Crippen LogP contribution in [0.2, 0.25) is 0 Å². The molecular formula is C14H21NO2. The number of rotatable bonds is 3. The van der Waals surface area contributed by atoms with E-state index in [1.54, 1.807) is 0 Å². The maximum Gasteiger partial charge on any atom is 0.253 e. The van der Waals surface area contributed by atoms with Crippen molar-refractivity contribution in [3.8, 4) is 0 Å². The van der Waals surface area contributed by atoms with E-state index in [0.717, 1.165) is 25.7 Å². The van der Waals surface area contributed by atoms with Gasteiger partial charge in [0.2, 0.25) is 0 Å². The van der Waals surface area contributed by atoms with Crippen molar-refractivity contribution in [3.05, 3.63) is 24.3 Å². The predicted octanol–water partition coefficient (Wildman–Crippen LogP) is 2.54. The van der Waals surface area contributed by atoms with Gasteiger partial charge >= 0.3 is 0 Å². The summed E-state index contributed by atoms with van der Waals surface area (Å²) < 4.78 is 0. The van der Waals surface area contributed by atoms with Gasteiger partial charge in [-0.25, -0.2) is 0 Å². The van der Waals surface area contributed by atoms with E-state index in [2.05, 4.69) is 13.5 Å². The fourth-order valence-corrected chi connectivity index (χ4v) is 2.71. The molecule has 0 N–H and O–H groups in total. The van der Waals surface area contributed by atoms with Crippen molar-refractivity contribution in [2.24, 2.45) is 11.8 Å². The first-order valence-electron chi connectivity index (χ1n) is 6.27. The van der Waals surface area contributed by atoms with E-state index in [1.807, 2.05) is 0 Å². The van der Waals surface area contributed by atoms with Crippen molar-refractivity contribution >= 4 is 11.8 Å². The van der Waals surface area contributed by atoms with Crippen LogP contribution in [0.4, 0.5) is 0 Å². The SMILES string of the molecule is C=C(C)C1CCC(CN2C(=O)C=CC2=O)CC1.[HH]. The highest BCUT2D eigenvalue weighted by molar-refractivity contribution is 6.12. The molecule has 3 heteroatoms. The number of imide groups is 1. The highest BCUT2D eigenvalue weighted by Gasteiger charge is 2.29. The van der Waals surface area contributed by atoms with Crippen molar-refractivity contribution in [3.63, 3.8) is 0 Å². The molecule has 0 spiro atoms. The number of nitrogens with zero attached hydrogens (tertiary/aromatic N) is 1. The van der Waals surface area contributed by atoms with Gasteiger partial charge in [0, 0.05) is 20.1 Å². The molecule has 1 heterocycles. The van der Waals surface area contributed by atoms with Gasteiger partial charge in [0.25, 0.3) is 11.8 Å². The molecule has 2 aliphatic rings. The summed E-state index contributed by atoms with van der Waals surface area (Å²) >= 11 is 0. The van der Waals surface area contributed by atoms with Gasteiger partial charge in [-0.2, -0.15) is 0 Å². The first-order chi connectivity index (χ1) is 8.08. The first kappa shape index (κ1) is 12.1. The van der Waals surface area contributed by atoms with Crippen molar-refractivity contribution in [1.82, 2.24) is 4.90 Å². The molecule has 0 unspecified atom stereocenters. The summed E-state index contributed by atoms with van der Waals surface area (Å²) in [5, 5.41) is 0.